The van der Waals surface area contributed by atoms with E-state index in [1.54, 1.807) is 0 Å². The Bertz CT molecular complexity index is 340. The van der Waals surface area contributed by atoms with Gasteiger partial charge in [0.15, 0.2) is 0 Å². The first-order chi connectivity index (χ1) is 9.49. The van der Waals surface area contributed by atoms with Crippen molar-refractivity contribution >= 4 is 11.9 Å². The zero-order valence-electron chi connectivity index (χ0n) is 13.0. The van der Waals surface area contributed by atoms with Gasteiger partial charge in [-0.05, 0) is 32.2 Å². The molecule has 116 valence electrons. The van der Waals surface area contributed by atoms with Crippen LogP contribution in [0.2, 0.25) is 0 Å². The molecule has 1 heterocycles. The van der Waals surface area contributed by atoms with Gasteiger partial charge in [0.2, 0.25) is 5.91 Å². The summed E-state index contributed by atoms with van der Waals surface area (Å²) in [5.74, 6) is -0.597. The molecule has 1 saturated heterocycles. The van der Waals surface area contributed by atoms with Crippen LogP contribution in [0.1, 0.15) is 46.5 Å². The van der Waals surface area contributed by atoms with E-state index < -0.39 is 11.4 Å². The van der Waals surface area contributed by atoms with E-state index in [0.29, 0.717) is 32.5 Å². The summed E-state index contributed by atoms with van der Waals surface area (Å²) >= 11 is 0. The van der Waals surface area contributed by atoms with Crippen molar-refractivity contribution in [3.63, 3.8) is 0 Å². The lowest BCUT2D eigenvalue weighted by Crippen LogP contribution is -2.42. The lowest BCUT2D eigenvalue weighted by molar-refractivity contribution is -0.148. The molecule has 0 aliphatic carbocycles. The van der Waals surface area contributed by atoms with Gasteiger partial charge >= 0.3 is 5.97 Å². The maximum Gasteiger partial charge on any atom is 0.310 e. The van der Waals surface area contributed by atoms with E-state index in [1.165, 1.54) is 0 Å². The van der Waals surface area contributed by atoms with Gasteiger partial charge in [0.25, 0.3) is 0 Å². The van der Waals surface area contributed by atoms with Crippen molar-refractivity contribution in [2.75, 3.05) is 32.7 Å². The second kappa shape index (κ2) is 7.62. The number of amides is 1. The molecule has 1 atom stereocenters. The molecule has 5 heteroatoms. The van der Waals surface area contributed by atoms with Crippen LogP contribution in [-0.4, -0.2) is 59.5 Å². The molecule has 0 bridgehead atoms. The highest BCUT2D eigenvalue weighted by Gasteiger charge is 2.43. The number of carboxylic acid groups (broad SMARTS) is 1. The maximum atomic E-state index is 12.3. The van der Waals surface area contributed by atoms with E-state index in [4.69, 9.17) is 0 Å². The van der Waals surface area contributed by atoms with Crippen LogP contribution >= 0.6 is 0 Å². The number of hydrogen-bond acceptors (Lipinski definition) is 3. The lowest BCUT2D eigenvalue weighted by atomic mass is 9.84. The van der Waals surface area contributed by atoms with Gasteiger partial charge in [-0.25, -0.2) is 0 Å². The van der Waals surface area contributed by atoms with Gasteiger partial charge in [-0.1, -0.05) is 20.8 Å². The number of likely N-dealkylation sites (tertiary alicyclic amines) is 1. The Hall–Kier alpha value is -1.10. The van der Waals surface area contributed by atoms with Crippen LogP contribution in [0.25, 0.3) is 0 Å². The number of carboxylic acids is 1. The maximum absolute atomic E-state index is 12.3. The Morgan fingerprint density at radius 3 is 2.20 bits per heavy atom. The number of carbonyl (C=O) groups excluding carboxylic acids is 1. The van der Waals surface area contributed by atoms with E-state index in [2.05, 4.69) is 13.8 Å². The molecule has 0 aromatic rings. The number of nitrogens with zero attached hydrogens (tertiary/aromatic N) is 2. The summed E-state index contributed by atoms with van der Waals surface area (Å²) in [6.45, 7) is 9.19. The summed E-state index contributed by atoms with van der Waals surface area (Å²) < 4.78 is 0. The zero-order chi connectivity index (χ0) is 15.2. The molecule has 0 radical (unpaired) electrons. The Morgan fingerprint density at radius 1 is 1.20 bits per heavy atom. The quantitative estimate of drug-likeness (QED) is 0.738. The van der Waals surface area contributed by atoms with Crippen molar-refractivity contribution in [2.45, 2.75) is 46.5 Å². The minimum atomic E-state index is -0.728. The highest BCUT2D eigenvalue weighted by atomic mass is 16.4. The van der Waals surface area contributed by atoms with Crippen LogP contribution in [0.4, 0.5) is 0 Å². The molecule has 1 aliphatic rings. The topological polar surface area (TPSA) is 60.9 Å². The average Bonchev–Trinajstić information content (AvgIpc) is 2.83. The minimum Gasteiger partial charge on any atom is -0.481 e. The number of rotatable bonds is 8. The molecule has 0 spiro atoms. The second-order valence-electron chi connectivity index (χ2n) is 5.78. The van der Waals surface area contributed by atoms with Gasteiger partial charge in [-0.15, -0.1) is 0 Å². The predicted octanol–water partition coefficient (Wildman–Crippen LogP) is 1.82. The Morgan fingerprint density at radius 2 is 1.80 bits per heavy atom. The molecule has 5 nitrogen and oxygen atoms in total. The predicted molar refractivity (Wildman–Crippen MR) is 78.6 cm³/mol. The lowest BCUT2D eigenvalue weighted by Gasteiger charge is -2.26. The van der Waals surface area contributed by atoms with Crippen LogP contribution in [0.5, 0.6) is 0 Å². The summed E-state index contributed by atoms with van der Waals surface area (Å²) in [5, 5.41) is 9.37. The Kier molecular flexibility index (Phi) is 6.46. The van der Waals surface area contributed by atoms with Crippen molar-refractivity contribution in [1.82, 2.24) is 9.80 Å². The van der Waals surface area contributed by atoms with E-state index in [1.807, 2.05) is 16.7 Å². The van der Waals surface area contributed by atoms with Gasteiger partial charge < -0.3 is 10.0 Å². The molecule has 0 saturated carbocycles. The summed E-state index contributed by atoms with van der Waals surface area (Å²) in [7, 11) is 0. The van der Waals surface area contributed by atoms with Crippen LogP contribution < -0.4 is 0 Å². The van der Waals surface area contributed by atoms with Gasteiger partial charge in [0, 0.05) is 19.6 Å². The number of carbonyl (C=O) groups is 2. The third kappa shape index (κ3) is 3.95. The summed E-state index contributed by atoms with van der Waals surface area (Å²) in [5.41, 5.74) is -0.652. The van der Waals surface area contributed by atoms with Crippen molar-refractivity contribution in [3.05, 3.63) is 0 Å². The molecule has 1 fully saturated rings. The molecule has 1 rings (SSSR count). The van der Waals surface area contributed by atoms with Gasteiger partial charge in [0.05, 0.1) is 12.0 Å². The third-order valence-corrected chi connectivity index (χ3v) is 4.26. The fourth-order valence-electron chi connectivity index (χ4n) is 2.90. The number of aliphatic carboxylic acids is 1. The van der Waals surface area contributed by atoms with Crippen molar-refractivity contribution in [3.8, 4) is 0 Å². The Balaban J connectivity index is 2.57. The van der Waals surface area contributed by atoms with E-state index in [0.717, 1.165) is 25.9 Å². The van der Waals surface area contributed by atoms with Gasteiger partial charge in [-0.3, -0.25) is 14.5 Å². The van der Waals surface area contributed by atoms with Crippen LogP contribution in [0.15, 0.2) is 0 Å². The second-order valence-corrected chi connectivity index (χ2v) is 5.78. The van der Waals surface area contributed by atoms with Crippen molar-refractivity contribution in [2.24, 2.45) is 5.41 Å². The SMILES string of the molecule is CCCN(CCC)C(=O)CN1CCC(CC)(C(=O)O)C1. The van der Waals surface area contributed by atoms with Crippen molar-refractivity contribution in [1.29, 1.82) is 0 Å². The van der Waals surface area contributed by atoms with E-state index >= 15 is 0 Å². The number of hydrogen-bond donors (Lipinski definition) is 1. The average molecular weight is 284 g/mol. The summed E-state index contributed by atoms with van der Waals surface area (Å²) in [6.07, 6.45) is 3.19. The normalized spacial score (nSPS) is 22.9. The first kappa shape index (κ1) is 17.0. The first-order valence-electron chi connectivity index (χ1n) is 7.72. The molecule has 0 aromatic heterocycles. The van der Waals surface area contributed by atoms with Crippen LogP contribution in [0.3, 0.4) is 0 Å². The van der Waals surface area contributed by atoms with Gasteiger partial charge in [-0.2, -0.15) is 0 Å². The van der Waals surface area contributed by atoms with E-state index in [-0.39, 0.29) is 5.91 Å². The zero-order valence-corrected chi connectivity index (χ0v) is 13.0. The van der Waals surface area contributed by atoms with Crippen LogP contribution in [-0.2, 0) is 9.59 Å². The molecule has 20 heavy (non-hydrogen) atoms. The largest absolute Gasteiger partial charge is 0.481 e. The standard InChI is InChI=1S/C15H28N2O3/c1-4-8-17(9-5-2)13(18)11-16-10-7-15(6-3,12-16)14(19)20/h4-12H2,1-3H3,(H,19,20). The third-order valence-electron chi connectivity index (χ3n) is 4.26. The van der Waals surface area contributed by atoms with Gasteiger partial charge in [0.1, 0.15) is 0 Å². The summed E-state index contributed by atoms with van der Waals surface area (Å²) in [6, 6.07) is 0. The minimum absolute atomic E-state index is 0.131. The van der Waals surface area contributed by atoms with Crippen LogP contribution in [0, 0.1) is 5.41 Å². The molecular formula is C15H28N2O3. The summed E-state index contributed by atoms with van der Waals surface area (Å²) in [4.78, 5) is 27.6. The molecule has 1 N–H and O–H groups in total. The monoisotopic (exact) mass is 284 g/mol. The fourth-order valence-corrected chi connectivity index (χ4v) is 2.90. The first-order valence-corrected chi connectivity index (χ1v) is 7.72. The highest BCUT2D eigenvalue weighted by molar-refractivity contribution is 5.79. The molecule has 0 aromatic carbocycles. The smallest absolute Gasteiger partial charge is 0.310 e. The fraction of sp³-hybridized carbons (Fsp3) is 0.867. The van der Waals surface area contributed by atoms with Crippen molar-refractivity contribution < 1.29 is 14.7 Å². The molecule has 1 unspecified atom stereocenters. The molecule has 1 aliphatic heterocycles. The molecular weight excluding hydrogens is 256 g/mol. The van der Waals surface area contributed by atoms with E-state index in [9.17, 15) is 14.7 Å². The Labute approximate surface area is 121 Å². The highest BCUT2D eigenvalue weighted by Crippen LogP contribution is 2.33. The molecule has 1 amide bonds.